The number of pyridine rings is 1. The molecule has 0 saturated heterocycles. The van der Waals surface area contributed by atoms with Gasteiger partial charge in [-0.2, -0.15) is 0 Å². The number of hydrogen-bond donors (Lipinski definition) is 2. The van der Waals surface area contributed by atoms with Crippen molar-refractivity contribution in [2.24, 2.45) is 0 Å². The third-order valence-electron chi connectivity index (χ3n) is 2.25. The molecule has 1 heterocycles. The second-order valence-electron chi connectivity index (χ2n) is 3.65. The average molecular weight is 237 g/mol. The van der Waals surface area contributed by atoms with Crippen LogP contribution in [-0.4, -0.2) is 31.1 Å². The second-order valence-corrected chi connectivity index (χ2v) is 3.65. The van der Waals surface area contributed by atoms with Crippen LogP contribution >= 0.6 is 0 Å². The lowest BCUT2D eigenvalue weighted by Gasteiger charge is -2.07. The molecule has 0 spiro atoms. The third kappa shape index (κ3) is 5.19. The molecule has 1 aromatic rings. The van der Waals surface area contributed by atoms with E-state index in [1.54, 1.807) is 19.4 Å². The van der Waals surface area contributed by atoms with Crippen molar-refractivity contribution in [3.8, 4) is 5.88 Å². The number of hydrogen-bond acceptors (Lipinski definition) is 4. The van der Waals surface area contributed by atoms with Crippen molar-refractivity contribution in [1.82, 2.24) is 10.3 Å². The molecule has 0 atom stereocenters. The van der Waals surface area contributed by atoms with Crippen molar-refractivity contribution in [3.63, 3.8) is 0 Å². The van der Waals surface area contributed by atoms with E-state index in [0.717, 1.165) is 25.1 Å². The van der Waals surface area contributed by atoms with Gasteiger partial charge in [0.05, 0.1) is 25.5 Å². The Hall–Kier alpha value is -1.78. The van der Waals surface area contributed by atoms with Gasteiger partial charge in [0.15, 0.2) is 0 Å². The SMILES string of the molecule is CCCCNC(=O)CNc1ccc(OC)nc1. The van der Waals surface area contributed by atoms with Crippen LogP contribution < -0.4 is 15.4 Å². The van der Waals surface area contributed by atoms with E-state index in [1.165, 1.54) is 0 Å². The molecule has 0 aliphatic rings. The van der Waals surface area contributed by atoms with Crippen LogP contribution in [0.1, 0.15) is 19.8 Å². The molecule has 5 nitrogen and oxygen atoms in total. The Morgan fingerprint density at radius 1 is 1.47 bits per heavy atom. The van der Waals surface area contributed by atoms with Crippen LogP contribution in [0.25, 0.3) is 0 Å². The van der Waals surface area contributed by atoms with Gasteiger partial charge >= 0.3 is 0 Å². The van der Waals surface area contributed by atoms with Gasteiger partial charge < -0.3 is 15.4 Å². The first-order chi connectivity index (χ1) is 8.26. The van der Waals surface area contributed by atoms with Gasteiger partial charge in [-0.1, -0.05) is 13.3 Å². The number of rotatable bonds is 7. The normalized spacial score (nSPS) is 9.76. The van der Waals surface area contributed by atoms with Gasteiger partial charge in [0.1, 0.15) is 0 Å². The Labute approximate surface area is 102 Å². The maximum atomic E-state index is 11.4. The zero-order chi connectivity index (χ0) is 12.5. The van der Waals surface area contributed by atoms with E-state index in [-0.39, 0.29) is 12.5 Å². The molecule has 0 saturated carbocycles. The second kappa shape index (κ2) is 7.49. The number of aromatic nitrogens is 1. The number of ether oxygens (including phenoxy) is 1. The summed E-state index contributed by atoms with van der Waals surface area (Å²) >= 11 is 0. The van der Waals surface area contributed by atoms with Crippen molar-refractivity contribution in [2.45, 2.75) is 19.8 Å². The summed E-state index contributed by atoms with van der Waals surface area (Å²) in [6.45, 7) is 3.09. The Kier molecular flexibility index (Phi) is 5.85. The monoisotopic (exact) mass is 237 g/mol. The van der Waals surface area contributed by atoms with Crippen LogP contribution in [0.3, 0.4) is 0 Å². The summed E-state index contributed by atoms with van der Waals surface area (Å²) in [5, 5.41) is 5.82. The molecular formula is C12H19N3O2. The molecule has 0 aliphatic heterocycles. The van der Waals surface area contributed by atoms with E-state index in [2.05, 4.69) is 22.5 Å². The molecule has 0 aromatic carbocycles. The van der Waals surface area contributed by atoms with E-state index in [9.17, 15) is 4.79 Å². The molecule has 1 amide bonds. The smallest absolute Gasteiger partial charge is 0.239 e. The van der Waals surface area contributed by atoms with Gasteiger partial charge in [0.2, 0.25) is 11.8 Å². The van der Waals surface area contributed by atoms with Crippen LogP contribution in [0.15, 0.2) is 18.3 Å². The van der Waals surface area contributed by atoms with Crippen molar-refractivity contribution in [1.29, 1.82) is 0 Å². The van der Waals surface area contributed by atoms with E-state index < -0.39 is 0 Å². The molecule has 1 aromatic heterocycles. The Bertz CT molecular complexity index is 338. The van der Waals surface area contributed by atoms with Gasteiger partial charge in [0.25, 0.3) is 0 Å². The summed E-state index contributed by atoms with van der Waals surface area (Å²) in [6, 6.07) is 3.57. The first-order valence-corrected chi connectivity index (χ1v) is 5.77. The molecule has 0 radical (unpaired) electrons. The van der Waals surface area contributed by atoms with Crippen molar-refractivity contribution in [3.05, 3.63) is 18.3 Å². The minimum Gasteiger partial charge on any atom is -0.481 e. The van der Waals surface area contributed by atoms with Crippen molar-refractivity contribution >= 4 is 11.6 Å². The number of anilines is 1. The number of nitrogens with zero attached hydrogens (tertiary/aromatic N) is 1. The molecule has 94 valence electrons. The average Bonchev–Trinajstić information content (AvgIpc) is 2.37. The molecule has 0 bridgehead atoms. The molecular weight excluding hydrogens is 218 g/mol. The van der Waals surface area contributed by atoms with Crippen LogP contribution in [0.2, 0.25) is 0 Å². The number of methoxy groups -OCH3 is 1. The fourth-order valence-corrected chi connectivity index (χ4v) is 1.26. The largest absolute Gasteiger partial charge is 0.481 e. The van der Waals surface area contributed by atoms with Crippen LogP contribution in [0.5, 0.6) is 5.88 Å². The Morgan fingerprint density at radius 2 is 2.29 bits per heavy atom. The first-order valence-electron chi connectivity index (χ1n) is 5.77. The lowest BCUT2D eigenvalue weighted by Crippen LogP contribution is -2.30. The molecule has 2 N–H and O–H groups in total. The molecule has 0 unspecified atom stereocenters. The highest BCUT2D eigenvalue weighted by Gasteiger charge is 2.00. The van der Waals surface area contributed by atoms with Crippen LogP contribution in [0.4, 0.5) is 5.69 Å². The fraction of sp³-hybridized carbons (Fsp3) is 0.500. The minimum absolute atomic E-state index is 0.00531. The number of amides is 1. The van der Waals surface area contributed by atoms with Crippen molar-refractivity contribution in [2.75, 3.05) is 25.5 Å². The number of carbonyl (C=O) groups is 1. The minimum atomic E-state index is -0.00531. The molecule has 1 rings (SSSR count). The zero-order valence-electron chi connectivity index (χ0n) is 10.3. The summed E-state index contributed by atoms with van der Waals surface area (Å²) < 4.78 is 4.94. The first kappa shape index (κ1) is 13.3. The van der Waals surface area contributed by atoms with Gasteiger partial charge in [-0.15, -0.1) is 0 Å². The summed E-state index contributed by atoms with van der Waals surface area (Å²) in [6.07, 6.45) is 3.73. The maximum absolute atomic E-state index is 11.4. The Morgan fingerprint density at radius 3 is 2.88 bits per heavy atom. The highest BCUT2D eigenvalue weighted by molar-refractivity contribution is 5.80. The predicted octanol–water partition coefficient (Wildman–Crippen LogP) is 1.42. The van der Waals surface area contributed by atoms with Crippen molar-refractivity contribution < 1.29 is 9.53 Å². The fourth-order valence-electron chi connectivity index (χ4n) is 1.26. The molecule has 0 aliphatic carbocycles. The summed E-state index contributed by atoms with van der Waals surface area (Å²) in [5.74, 6) is 0.553. The highest BCUT2D eigenvalue weighted by atomic mass is 16.5. The van der Waals surface area contributed by atoms with Gasteiger partial charge in [0, 0.05) is 12.6 Å². The quantitative estimate of drug-likeness (QED) is 0.704. The third-order valence-corrected chi connectivity index (χ3v) is 2.25. The molecule has 5 heteroatoms. The lowest BCUT2D eigenvalue weighted by molar-refractivity contribution is -0.119. The standard InChI is InChI=1S/C12H19N3O2/c1-3-4-7-13-11(16)9-14-10-5-6-12(17-2)15-8-10/h5-6,8,14H,3-4,7,9H2,1-2H3,(H,13,16). The van der Waals surface area contributed by atoms with E-state index in [0.29, 0.717) is 5.88 Å². The Balaban J connectivity index is 2.27. The van der Waals surface area contributed by atoms with E-state index in [1.807, 2.05) is 6.07 Å². The van der Waals surface area contributed by atoms with Gasteiger partial charge in [-0.25, -0.2) is 4.98 Å². The summed E-state index contributed by atoms with van der Waals surface area (Å²) in [4.78, 5) is 15.4. The molecule has 0 fully saturated rings. The number of nitrogens with one attached hydrogen (secondary N) is 2. The van der Waals surface area contributed by atoms with E-state index >= 15 is 0 Å². The number of carbonyl (C=O) groups excluding carboxylic acids is 1. The van der Waals surface area contributed by atoms with Gasteiger partial charge in [-0.05, 0) is 12.5 Å². The lowest BCUT2D eigenvalue weighted by atomic mass is 10.3. The van der Waals surface area contributed by atoms with Crippen LogP contribution in [0, 0.1) is 0 Å². The molecule has 17 heavy (non-hydrogen) atoms. The highest BCUT2D eigenvalue weighted by Crippen LogP contribution is 2.10. The van der Waals surface area contributed by atoms with Gasteiger partial charge in [-0.3, -0.25) is 4.79 Å². The number of unbranched alkanes of at least 4 members (excludes halogenated alkanes) is 1. The van der Waals surface area contributed by atoms with Crippen LogP contribution in [-0.2, 0) is 4.79 Å². The topological polar surface area (TPSA) is 63.2 Å². The van der Waals surface area contributed by atoms with E-state index in [4.69, 9.17) is 4.74 Å². The summed E-state index contributed by atoms with van der Waals surface area (Å²) in [5.41, 5.74) is 0.802. The maximum Gasteiger partial charge on any atom is 0.239 e. The predicted molar refractivity (Wildman–Crippen MR) is 67.2 cm³/mol. The zero-order valence-corrected chi connectivity index (χ0v) is 10.3. The summed E-state index contributed by atoms with van der Waals surface area (Å²) in [7, 11) is 1.57.